The fourth-order valence-electron chi connectivity index (χ4n) is 3.22. The van der Waals surface area contributed by atoms with Gasteiger partial charge in [-0.25, -0.2) is 0 Å². The molecule has 0 aliphatic carbocycles. The molecule has 1 fully saturated rings. The first kappa shape index (κ1) is 15.5. The van der Waals surface area contributed by atoms with Crippen LogP contribution in [-0.4, -0.2) is 39.0 Å². The summed E-state index contributed by atoms with van der Waals surface area (Å²) in [7, 11) is 0. The maximum absolute atomic E-state index is 12.6. The lowest BCUT2D eigenvalue weighted by molar-refractivity contribution is 0.0786. The summed E-state index contributed by atoms with van der Waals surface area (Å²) in [5.41, 5.74) is 1.58. The summed E-state index contributed by atoms with van der Waals surface area (Å²) < 4.78 is 5.50. The van der Waals surface area contributed by atoms with E-state index in [0.717, 1.165) is 5.56 Å². The van der Waals surface area contributed by atoms with Gasteiger partial charge in [-0.2, -0.15) is 4.98 Å². The maximum Gasteiger partial charge on any atom is 0.253 e. The second-order valence-electron chi connectivity index (χ2n) is 6.35. The van der Waals surface area contributed by atoms with Gasteiger partial charge in [0.15, 0.2) is 0 Å². The molecule has 126 valence electrons. The number of aromatic nitrogens is 3. The van der Waals surface area contributed by atoms with Crippen molar-refractivity contribution >= 4 is 5.91 Å². The Hall–Kier alpha value is -3.02. The number of benzene rings is 1. The van der Waals surface area contributed by atoms with E-state index in [4.69, 9.17) is 4.52 Å². The van der Waals surface area contributed by atoms with Gasteiger partial charge in [0.05, 0.1) is 5.92 Å². The van der Waals surface area contributed by atoms with Crippen molar-refractivity contribution in [2.24, 2.45) is 5.92 Å². The molecule has 1 aromatic carbocycles. The summed E-state index contributed by atoms with van der Waals surface area (Å²) in [4.78, 5) is 23.0. The third-order valence-corrected chi connectivity index (χ3v) is 4.62. The Kier molecular flexibility index (Phi) is 4.01. The maximum atomic E-state index is 12.6. The number of rotatable bonds is 3. The normalized spacial score (nSPS) is 20.0. The van der Waals surface area contributed by atoms with E-state index >= 15 is 0 Å². The van der Waals surface area contributed by atoms with Crippen LogP contribution in [0.2, 0.25) is 0 Å². The second-order valence-corrected chi connectivity index (χ2v) is 6.35. The molecule has 1 aliphatic rings. The van der Waals surface area contributed by atoms with Gasteiger partial charge in [-0.15, -0.1) is 0 Å². The lowest BCUT2D eigenvalue weighted by Gasteiger charge is -2.15. The zero-order chi connectivity index (χ0) is 17.2. The summed E-state index contributed by atoms with van der Waals surface area (Å²) >= 11 is 0. The van der Waals surface area contributed by atoms with Crippen molar-refractivity contribution < 1.29 is 9.32 Å². The zero-order valence-electron chi connectivity index (χ0n) is 13.9. The molecule has 0 bridgehead atoms. The number of carbonyl (C=O) groups is 1. The van der Waals surface area contributed by atoms with E-state index < -0.39 is 0 Å². The Morgan fingerprint density at radius 2 is 1.88 bits per heavy atom. The molecule has 4 rings (SSSR count). The molecule has 3 aromatic rings. The Balaban J connectivity index is 1.52. The summed E-state index contributed by atoms with van der Waals surface area (Å²) in [6.07, 6.45) is 3.27. The number of pyridine rings is 1. The van der Waals surface area contributed by atoms with Gasteiger partial charge in [-0.1, -0.05) is 42.4 Å². The van der Waals surface area contributed by atoms with Crippen molar-refractivity contribution in [3.63, 3.8) is 0 Å². The minimum absolute atomic E-state index is 0.0135. The van der Waals surface area contributed by atoms with Crippen LogP contribution in [0.3, 0.4) is 0 Å². The molecule has 0 radical (unpaired) electrons. The fraction of sp³-hybridized carbons (Fsp3) is 0.263. The molecule has 1 aliphatic heterocycles. The van der Waals surface area contributed by atoms with Gasteiger partial charge in [0.25, 0.3) is 5.91 Å². The molecule has 0 spiro atoms. The second kappa shape index (κ2) is 6.47. The first-order chi connectivity index (χ1) is 12.2. The van der Waals surface area contributed by atoms with Crippen molar-refractivity contribution in [2.45, 2.75) is 12.8 Å². The van der Waals surface area contributed by atoms with Crippen LogP contribution in [0.4, 0.5) is 0 Å². The van der Waals surface area contributed by atoms with E-state index in [1.54, 1.807) is 24.5 Å². The summed E-state index contributed by atoms with van der Waals surface area (Å²) in [6.45, 7) is 3.37. The molecule has 2 unspecified atom stereocenters. The zero-order valence-corrected chi connectivity index (χ0v) is 13.9. The molecule has 0 N–H and O–H groups in total. The largest absolute Gasteiger partial charge is 0.339 e. The minimum atomic E-state index is 0.0135. The van der Waals surface area contributed by atoms with Gasteiger partial charge in [-0.3, -0.25) is 9.78 Å². The Morgan fingerprint density at radius 1 is 1.12 bits per heavy atom. The summed E-state index contributed by atoms with van der Waals surface area (Å²) in [6, 6.07) is 13.2. The molecule has 6 nitrogen and oxygen atoms in total. The monoisotopic (exact) mass is 334 g/mol. The summed E-state index contributed by atoms with van der Waals surface area (Å²) in [5, 5.41) is 4.10. The predicted octanol–water partition coefficient (Wildman–Crippen LogP) is 3.01. The SMILES string of the molecule is CC1CN(C(=O)c2ccncc2)CC1c1nc(-c2ccccc2)no1. The van der Waals surface area contributed by atoms with Crippen LogP contribution in [0.1, 0.15) is 29.1 Å². The van der Waals surface area contributed by atoms with Gasteiger partial charge in [0.2, 0.25) is 11.7 Å². The third-order valence-electron chi connectivity index (χ3n) is 4.62. The van der Waals surface area contributed by atoms with Crippen molar-refractivity contribution in [1.29, 1.82) is 0 Å². The molecular formula is C19H18N4O2. The highest BCUT2D eigenvalue weighted by Gasteiger charge is 2.37. The topological polar surface area (TPSA) is 72.1 Å². The lowest BCUT2D eigenvalue weighted by atomic mass is 9.98. The van der Waals surface area contributed by atoms with Crippen LogP contribution in [-0.2, 0) is 0 Å². The van der Waals surface area contributed by atoms with E-state index in [1.807, 2.05) is 35.2 Å². The standard InChI is InChI=1S/C19H18N4O2/c1-13-11-23(19(24)15-7-9-20-10-8-15)12-16(13)18-21-17(22-25-18)14-5-3-2-4-6-14/h2-10,13,16H,11-12H2,1H3. The van der Waals surface area contributed by atoms with Crippen LogP contribution in [0.25, 0.3) is 11.4 Å². The number of carbonyl (C=O) groups excluding carboxylic acids is 1. The number of likely N-dealkylation sites (tertiary alicyclic amines) is 1. The number of nitrogens with zero attached hydrogens (tertiary/aromatic N) is 4. The van der Waals surface area contributed by atoms with Crippen LogP contribution in [0.15, 0.2) is 59.4 Å². The first-order valence-corrected chi connectivity index (χ1v) is 8.30. The van der Waals surface area contributed by atoms with Gasteiger partial charge < -0.3 is 9.42 Å². The van der Waals surface area contributed by atoms with Crippen LogP contribution >= 0.6 is 0 Å². The van der Waals surface area contributed by atoms with Gasteiger partial charge >= 0.3 is 0 Å². The molecule has 2 aromatic heterocycles. The fourth-order valence-corrected chi connectivity index (χ4v) is 3.22. The van der Waals surface area contributed by atoms with Crippen LogP contribution in [0, 0.1) is 5.92 Å². The van der Waals surface area contributed by atoms with Gasteiger partial charge in [0, 0.05) is 36.6 Å². The molecule has 25 heavy (non-hydrogen) atoms. The highest BCUT2D eigenvalue weighted by Crippen LogP contribution is 2.33. The average molecular weight is 334 g/mol. The Morgan fingerprint density at radius 3 is 2.64 bits per heavy atom. The van der Waals surface area contributed by atoms with Crippen LogP contribution < -0.4 is 0 Å². The Bertz CT molecular complexity index is 863. The van der Waals surface area contributed by atoms with E-state index in [2.05, 4.69) is 22.0 Å². The van der Waals surface area contributed by atoms with Gasteiger partial charge in [0.1, 0.15) is 0 Å². The highest BCUT2D eigenvalue weighted by atomic mass is 16.5. The molecule has 6 heteroatoms. The number of hydrogen-bond acceptors (Lipinski definition) is 5. The lowest BCUT2D eigenvalue weighted by Crippen LogP contribution is -2.28. The van der Waals surface area contributed by atoms with E-state index in [9.17, 15) is 4.79 Å². The van der Waals surface area contributed by atoms with Crippen molar-refractivity contribution in [3.8, 4) is 11.4 Å². The van der Waals surface area contributed by atoms with Crippen molar-refractivity contribution in [3.05, 3.63) is 66.3 Å². The molecular weight excluding hydrogens is 316 g/mol. The number of hydrogen-bond donors (Lipinski definition) is 0. The summed E-state index contributed by atoms with van der Waals surface area (Å²) in [5.74, 6) is 1.50. The highest BCUT2D eigenvalue weighted by molar-refractivity contribution is 5.94. The molecule has 1 saturated heterocycles. The molecule has 3 heterocycles. The smallest absolute Gasteiger partial charge is 0.253 e. The van der Waals surface area contributed by atoms with E-state index in [-0.39, 0.29) is 17.7 Å². The minimum Gasteiger partial charge on any atom is -0.339 e. The van der Waals surface area contributed by atoms with E-state index in [0.29, 0.717) is 30.4 Å². The van der Waals surface area contributed by atoms with Crippen LogP contribution in [0.5, 0.6) is 0 Å². The first-order valence-electron chi connectivity index (χ1n) is 8.30. The molecule has 2 atom stereocenters. The predicted molar refractivity (Wildman–Crippen MR) is 91.8 cm³/mol. The Labute approximate surface area is 145 Å². The van der Waals surface area contributed by atoms with Gasteiger partial charge in [-0.05, 0) is 18.1 Å². The van der Waals surface area contributed by atoms with E-state index in [1.165, 1.54) is 0 Å². The molecule has 0 saturated carbocycles. The average Bonchev–Trinajstić information content (AvgIpc) is 3.29. The third kappa shape index (κ3) is 3.03. The molecule has 1 amide bonds. The van der Waals surface area contributed by atoms with Crippen molar-refractivity contribution in [2.75, 3.05) is 13.1 Å². The quantitative estimate of drug-likeness (QED) is 0.736. The number of amides is 1. The van der Waals surface area contributed by atoms with Crippen molar-refractivity contribution in [1.82, 2.24) is 20.0 Å².